The molecule has 0 bridgehead atoms. The molecule has 0 aromatic heterocycles. The molecule has 1 atom stereocenters. The molecule has 0 spiro atoms. The minimum Gasteiger partial charge on any atom is -0.334 e. The number of carbonyl (C=O) groups is 1. The molecule has 7 heteroatoms. The molecule has 1 aliphatic rings. The first kappa shape index (κ1) is 14.3. The molecule has 1 unspecified atom stereocenters. The van der Waals surface area contributed by atoms with Gasteiger partial charge in [0.25, 0.3) is 5.69 Å². The van der Waals surface area contributed by atoms with Gasteiger partial charge in [-0.1, -0.05) is 6.42 Å². The smallest absolute Gasteiger partial charge is 0.319 e. The summed E-state index contributed by atoms with van der Waals surface area (Å²) in [5, 5.41) is 19.4. The molecular weight excluding hydrogens is 260 g/mol. The Bertz CT molecular complexity index is 467. The minimum atomic E-state index is -0.471. The van der Waals surface area contributed by atoms with E-state index in [1.54, 1.807) is 0 Å². The van der Waals surface area contributed by atoms with Crippen LogP contribution in [0.2, 0.25) is 0 Å². The highest BCUT2D eigenvalue weighted by atomic mass is 16.6. The molecule has 0 aliphatic carbocycles. The van der Waals surface area contributed by atoms with Crippen LogP contribution < -0.4 is 16.0 Å². The first-order valence-corrected chi connectivity index (χ1v) is 6.68. The molecule has 1 fully saturated rings. The number of carbonyl (C=O) groups excluding carboxylic acids is 1. The monoisotopic (exact) mass is 278 g/mol. The molecule has 1 aromatic rings. The van der Waals surface area contributed by atoms with Crippen LogP contribution in [0.1, 0.15) is 19.3 Å². The number of nitrogens with zero attached hydrogens (tertiary/aromatic N) is 1. The van der Waals surface area contributed by atoms with E-state index in [0.29, 0.717) is 5.69 Å². The summed E-state index contributed by atoms with van der Waals surface area (Å²) in [6.45, 7) is 1.76. The van der Waals surface area contributed by atoms with Gasteiger partial charge in [-0.15, -0.1) is 0 Å². The van der Waals surface area contributed by atoms with Crippen LogP contribution in [0.15, 0.2) is 24.3 Å². The maximum absolute atomic E-state index is 11.8. The van der Waals surface area contributed by atoms with Crippen molar-refractivity contribution in [1.82, 2.24) is 10.6 Å². The van der Waals surface area contributed by atoms with Gasteiger partial charge in [0.15, 0.2) is 0 Å². The Hall–Kier alpha value is -2.15. The maximum atomic E-state index is 11.8. The molecular formula is C13H18N4O3. The number of hydrogen-bond acceptors (Lipinski definition) is 4. The van der Waals surface area contributed by atoms with Gasteiger partial charge in [0.2, 0.25) is 0 Å². The molecule has 0 radical (unpaired) electrons. The van der Waals surface area contributed by atoms with Gasteiger partial charge in [-0.2, -0.15) is 0 Å². The zero-order valence-corrected chi connectivity index (χ0v) is 11.1. The summed E-state index contributed by atoms with van der Waals surface area (Å²) in [5.74, 6) is 0. The van der Waals surface area contributed by atoms with Crippen LogP contribution in [0.25, 0.3) is 0 Å². The minimum absolute atomic E-state index is 0.00364. The summed E-state index contributed by atoms with van der Waals surface area (Å²) in [5.41, 5.74) is 0.540. The number of nitro groups is 1. The molecule has 3 N–H and O–H groups in total. The van der Waals surface area contributed by atoms with E-state index in [1.807, 2.05) is 0 Å². The van der Waals surface area contributed by atoms with E-state index < -0.39 is 4.92 Å². The Morgan fingerprint density at radius 3 is 2.75 bits per heavy atom. The van der Waals surface area contributed by atoms with Gasteiger partial charge in [-0.05, 0) is 31.5 Å². The third-order valence-corrected chi connectivity index (χ3v) is 3.22. The summed E-state index contributed by atoms with van der Waals surface area (Å²) < 4.78 is 0. The van der Waals surface area contributed by atoms with E-state index in [0.717, 1.165) is 32.4 Å². The topological polar surface area (TPSA) is 96.3 Å². The van der Waals surface area contributed by atoms with Crippen molar-refractivity contribution in [1.29, 1.82) is 0 Å². The summed E-state index contributed by atoms with van der Waals surface area (Å²) in [4.78, 5) is 21.9. The van der Waals surface area contributed by atoms with Crippen molar-refractivity contribution in [2.75, 3.05) is 18.4 Å². The lowest BCUT2D eigenvalue weighted by atomic mass is 10.1. The second-order valence-corrected chi connectivity index (χ2v) is 4.80. The molecule has 2 rings (SSSR count). The standard InChI is InChI=1S/C13H18N4O3/c18-13(16-11-3-1-2-8-14-9-11)15-10-4-6-12(7-5-10)17(19)20/h4-7,11,14H,1-3,8-9H2,(H2,15,16,18). The molecule has 108 valence electrons. The zero-order chi connectivity index (χ0) is 14.4. The number of benzene rings is 1. The van der Waals surface area contributed by atoms with E-state index in [9.17, 15) is 14.9 Å². The molecule has 7 nitrogen and oxygen atoms in total. The van der Waals surface area contributed by atoms with Crippen LogP contribution in [0.4, 0.5) is 16.2 Å². The third kappa shape index (κ3) is 4.20. The van der Waals surface area contributed by atoms with E-state index in [4.69, 9.17) is 0 Å². The highest BCUT2D eigenvalue weighted by Crippen LogP contribution is 2.15. The van der Waals surface area contributed by atoms with Gasteiger partial charge in [-0.3, -0.25) is 10.1 Å². The highest BCUT2D eigenvalue weighted by molar-refractivity contribution is 5.89. The van der Waals surface area contributed by atoms with Crippen molar-refractivity contribution in [3.8, 4) is 0 Å². The maximum Gasteiger partial charge on any atom is 0.319 e. The number of nitrogens with one attached hydrogen (secondary N) is 3. The predicted molar refractivity (Wildman–Crippen MR) is 75.8 cm³/mol. The van der Waals surface area contributed by atoms with E-state index in [-0.39, 0.29) is 17.8 Å². The van der Waals surface area contributed by atoms with Crippen molar-refractivity contribution in [2.45, 2.75) is 25.3 Å². The molecule has 1 saturated heterocycles. The first-order chi connectivity index (χ1) is 9.65. The van der Waals surface area contributed by atoms with Crippen molar-refractivity contribution < 1.29 is 9.72 Å². The Labute approximate surface area is 116 Å². The first-order valence-electron chi connectivity index (χ1n) is 6.68. The number of rotatable bonds is 3. The van der Waals surface area contributed by atoms with Crippen LogP contribution in [0.3, 0.4) is 0 Å². The van der Waals surface area contributed by atoms with Crippen molar-refractivity contribution in [3.63, 3.8) is 0 Å². The molecule has 20 heavy (non-hydrogen) atoms. The third-order valence-electron chi connectivity index (χ3n) is 3.22. The van der Waals surface area contributed by atoms with Crippen LogP contribution in [-0.4, -0.2) is 30.1 Å². The van der Waals surface area contributed by atoms with Crippen LogP contribution >= 0.6 is 0 Å². The fourth-order valence-electron chi connectivity index (χ4n) is 2.16. The van der Waals surface area contributed by atoms with Gasteiger partial charge in [-0.25, -0.2) is 4.79 Å². The normalized spacial score (nSPS) is 18.9. The summed E-state index contributed by atoms with van der Waals surface area (Å²) >= 11 is 0. The fourth-order valence-corrected chi connectivity index (χ4v) is 2.16. The average molecular weight is 278 g/mol. The van der Waals surface area contributed by atoms with E-state index >= 15 is 0 Å². The summed E-state index contributed by atoms with van der Waals surface area (Å²) in [7, 11) is 0. The zero-order valence-electron chi connectivity index (χ0n) is 11.1. The quantitative estimate of drug-likeness (QED) is 0.580. The van der Waals surface area contributed by atoms with E-state index in [1.165, 1.54) is 24.3 Å². The predicted octanol–water partition coefficient (Wildman–Crippen LogP) is 1.86. The highest BCUT2D eigenvalue weighted by Gasteiger charge is 2.14. The average Bonchev–Trinajstić information content (AvgIpc) is 2.68. The SMILES string of the molecule is O=C(Nc1ccc([N+](=O)[O-])cc1)NC1CCCCNC1. The Kier molecular flexibility index (Phi) is 4.89. The van der Waals surface area contributed by atoms with Crippen molar-refractivity contribution >= 4 is 17.4 Å². The lowest BCUT2D eigenvalue weighted by Crippen LogP contribution is -2.42. The number of urea groups is 1. The lowest BCUT2D eigenvalue weighted by molar-refractivity contribution is -0.384. The van der Waals surface area contributed by atoms with Crippen LogP contribution in [0, 0.1) is 10.1 Å². The van der Waals surface area contributed by atoms with E-state index in [2.05, 4.69) is 16.0 Å². The van der Waals surface area contributed by atoms with Crippen LogP contribution in [0.5, 0.6) is 0 Å². The summed E-state index contributed by atoms with van der Waals surface area (Å²) in [6.07, 6.45) is 3.18. The Morgan fingerprint density at radius 1 is 1.30 bits per heavy atom. The number of anilines is 1. The van der Waals surface area contributed by atoms with Crippen molar-refractivity contribution in [2.24, 2.45) is 0 Å². The number of amides is 2. The second kappa shape index (κ2) is 6.85. The van der Waals surface area contributed by atoms with Gasteiger partial charge in [0.05, 0.1) is 4.92 Å². The molecule has 1 aromatic carbocycles. The summed E-state index contributed by atoms with van der Waals surface area (Å²) in [6, 6.07) is 5.60. The van der Waals surface area contributed by atoms with Gasteiger partial charge < -0.3 is 16.0 Å². The molecule has 0 saturated carbocycles. The number of non-ortho nitro benzene ring substituents is 1. The second-order valence-electron chi connectivity index (χ2n) is 4.80. The largest absolute Gasteiger partial charge is 0.334 e. The Morgan fingerprint density at radius 2 is 2.05 bits per heavy atom. The van der Waals surface area contributed by atoms with Crippen LogP contribution in [-0.2, 0) is 0 Å². The van der Waals surface area contributed by atoms with Gasteiger partial charge in [0, 0.05) is 30.4 Å². The van der Waals surface area contributed by atoms with Gasteiger partial charge >= 0.3 is 6.03 Å². The molecule has 1 aliphatic heterocycles. The van der Waals surface area contributed by atoms with Crippen molar-refractivity contribution in [3.05, 3.63) is 34.4 Å². The van der Waals surface area contributed by atoms with Gasteiger partial charge in [0.1, 0.15) is 0 Å². The molecule has 1 heterocycles. The fraction of sp³-hybridized carbons (Fsp3) is 0.462. The Balaban J connectivity index is 1.85. The molecule has 2 amide bonds. The number of nitro benzene ring substituents is 1. The lowest BCUT2D eigenvalue weighted by Gasteiger charge is -2.16. The number of hydrogen-bond donors (Lipinski definition) is 3.